The number of fused-ring (bicyclic) bond motifs is 4. The zero-order chi connectivity index (χ0) is 34.6. The lowest BCUT2D eigenvalue weighted by atomic mass is 9.85. The van der Waals surface area contributed by atoms with Gasteiger partial charge in [0.2, 0.25) is 0 Å². The fourth-order valence-corrected chi connectivity index (χ4v) is 7.85. The number of hydrogen-bond donors (Lipinski definition) is 0. The van der Waals surface area contributed by atoms with E-state index >= 15 is 0 Å². The van der Waals surface area contributed by atoms with Gasteiger partial charge in [-0.2, -0.15) is 0 Å². The third-order valence-corrected chi connectivity index (χ3v) is 10.2. The van der Waals surface area contributed by atoms with Gasteiger partial charge >= 0.3 is 0 Å². The fraction of sp³-hybridized carbons (Fsp3) is 0. The van der Waals surface area contributed by atoms with E-state index in [2.05, 4.69) is 156 Å². The van der Waals surface area contributed by atoms with Crippen LogP contribution >= 0.6 is 0 Å². The predicted octanol–water partition coefficient (Wildman–Crippen LogP) is 13.3. The molecule has 0 bridgehead atoms. The van der Waals surface area contributed by atoms with Gasteiger partial charge in [0.15, 0.2) is 0 Å². The average molecular weight is 667 g/mol. The maximum atomic E-state index is 14.6. The highest BCUT2D eigenvalue weighted by Crippen LogP contribution is 2.44. The van der Waals surface area contributed by atoms with Crippen LogP contribution in [0.3, 0.4) is 0 Å². The molecular formula is C49H31FN2. The second-order valence-electron chi connectivity index (χ2n) is 13.3. The van der Waals surface area contributed by atoms with Gasteiger partial charge < -0.3 is 0 Å². The van der Waals surface area contributed by atoms with Crippen molar-refractivity contribution in [1.82, 2.24) is 9.55 Å². The summed E-state index contributed by atoms with van der Waals surface area (Å²) < 4.78 is 16.7. The molecule has 0 saturated carbocycles. The molecule has 3 heteroatoms. The Labute approximate surface area is 300 Å². The standard InChI is InChI=1S/C49H31FN2/c50-39-27-28-46-45(31-39)51-49(35-24-21-34(22-25-35)32-11-2-1-3-12-32)52(46)40-16-10-15-37(30-40)47-41-17-6-8-19-43(41)48(44-20-9-7-18-42(44)47)38-26-23-33-13-4-5-14-36(33)29-38/h1-31H. The molecule has 0 saturated heterocycles. The number of benzene rings is 9. The van der Waals surface area contributed by atoms with Crippen LogP contribution in [-0.4, -0.2) is 9.55 Å². The second-order valence-corrected chi connectivity index (χ2v) is 13.3. The van der Waals surface area contributed by atoms with Gasteiger partial charge in [-0.25, -0.2) is 9.37 Å². The molecule has 0 aliphatic carbocycles. The predicted molar refractivity (Wildman–Crippen MR) is 215 cm³/mol. The third kappa shape index (κ3) is 4.98. The summed E-state index contributed by atoms with van der Waals surface area (Å²) in [5.41, 5.74) is 10.4. The molecule has 9 aromatic carbocycles. The van der Waals surface area contributed by atoms with Crippen LogP contribution in [-0.2, 0) is 0 Å². The Morgan fingerprint density at radius 1 is 0.385 bits per heavy atom. The Morgan fingerprint density at radius 2 is 0.923 bits per heavy atom. The van der Waals surface area contributed by atoms with Gasteiger partial charge in [0.1, 0.15) is 11.6 Å². The number of nitrogens with zero attached hydrogens (tertiary/aromatic N) is 2. The fourth-order valence-electron chi connectivity index (χ4n) is 7.85. The first-order valence-corrected chi connectivity index (χ1v) is 17.6. The van der Waals surface area contributed by atoms with Crippen molar-refractivity contribution >= 4 is 43.4 Å². The van der Waals surface area contributed by atoms with Crippen LogP contribution in [0.5, 0.6) is 0 Å². The van der Waals surface area contributed by atoms with Crippen molar-refractivity contribution in [2.75, 3.05) is 0 Å². The van der Waals surface area contributed by atoms with Crippen LogP contribution in [0, 0.1) is 5.82 Å². The molecule has 0 radical (unpaired) electrons. The Balaban J connectivity index is 1.18. The highest BCUT2D eigenvalue weighted by Gasteiger charge is 2.19. The maximum absolute atomic E-state index is 14.6. The smallest absolute Gasteiger partial charge is 0.145 e. The van der Waals surface area contributed by atoms with Crippen LogP contribution in [0.25, 0.3) is 93.8 Å². The van der Waals surface area contributed by atoms with E-state index in [-0.39, 0.29) is 5.82 Å². The highest BCUT2D eigenvalue weighted by molar-refractivity contribution is 6.21. The Morgan fingerprint density at radius 3 is 1.62 bits per heavy atom. The Kier molecular flexibility index (Phi) is 7.04. The summed E-state index contributed by atoms with van der Waals surface area (Å²) in [4.78, 5) is 5.01. The van der Waals surface area contributed by atoms with Crippen LogP contribution in [0.2, 0.25) is 0 Å². The van der Waals surface area contributed by atoms with Crippen LogP contribution in [0.1, 0.15) is 0 Å². The molecule has 0 N–H and O–H groups in total. The summed E-state index contributed by atoms with van der Waals surface area (Å²) in [6.45, 7) is 0. The van der Waals surface area contributed by atoms with Crippen LogP contribution < -0.4 is 0 Å². The molecule has 10 rings (SSSR count). The van der Waals surface area contributed by atoms with Crippen molar-refractivity contribution in [2.24, 2.45) is 0 Å². The lowest BCUT2D eigenvalue weighted by Gasteiger charge is -2.19. The molecule has 0 fully saturated rings. The topological polar surface area (TPSA) is 17.8 Å². The second kappa shape index (κ2) is 12.2. The van der Waals surface area contributed by atoms with Gasteiger partial charge in [-0.05, 0) is 96.0 Å². The normalized spacial score (nSPS) is 11.6. The van der Waals surface area contributed by atoms with Crippen molar-refractivity contribution in [3.05, 3.63) is 194 Å². The highest BCUT2D eigenvalue weighted by atomic mass is 19.1. The Hall–Kier alpha value is -6.84. The van der Waals surface area contributed by atoms with E-state index in [9.17, 15) is 4.39 Å². The maximum Gasteiger partial charge on any atom is 0.145 e. The van der Waals surface area contributed by atoms with Crippen molar-refractivity contribution in [3.8, 4) is 50.5 Å². The summed E-state index contributed by atoms with van der Waals surface area (Å²) in [5.74, 6) is 0.458. The molecular weight excluding hydrogens is 636 g/mol. The first-order valence-electron chi connectivity index (χ1n) is 17.6. The first-order chi connectivity index (χ1) is 25.7. The summed E-state index contributed by atoms with van der Waals surface area (Å²) in [6, 6.07) is 65.1. The lowest BCUT2D eigenvalue weighted by molar-refractivity contribution is 0.629. The molecule has 0 atom stereocenters. The van der Waals surface area contributed by atoms with Crippen molar-refractivity contribution < 1.29 is 4.39 Å². The molecule has 2 nitrogen and oxygen atoms in total. The SMILES string of the molecule is Fc1ccc2c(c1)nc(-c1ccc(-c3ccccc3)cc1)n2-c1cccc(-c2c3ccccc3c(-c3ccc4ccccc4c3)c3ccccc23)c1. The quantitative estimate of drug-likeness (QED) is 0.167. The minimum atomic E-state index is -0.304. The molecule has 0 aliphatic heterocycles. The minimum Gasteiger partial charge on any atom is -0.292 e. The molecule has 1 heterocycles. The molecule has 244 valence electrons. The lowest BCUT2D eigenvalue weighted by Crippen LogP contribution is -1.98. The first kappa shape index (κ1) is 30.0. The van der Waals surface area contributed by atoms with Crippen molar-refractivity contribution in [3.63, 3.8) is 0 Å². The van der Waals surface area contributed by atoms with Gasteiger partial charge in [-0.15, -0.1) is 0 Å². The van der Waals surface area contributed by atoms with Gasteiger partial charge in [-0.1, -0.05) is 152 Å². The van der Waals surface area contributed by atoms with E-state index in [0.29, 0.717) is 5.52 Å². The van der Waals surface area contributed by atoms with E-state index in [1.54, 1.807) is 0 Å². The van der Waals surface area contributed by atoms with Crippen LogP contribution in [0.15, 0.2) is 188 Å². The molecule has 0 aliphatic rings. The van der Waals surface area contributed by atoms with Crippen molar-refractivity contribution in [2.45, 2.75) is 0 Å². The van der Waals surface area contributed by atoms with Gasteiger partial charge in [0, 0.05) is 17.3 Å². The van der Waals surface area contributed by atoms with E-state index in [1.165, 1.54) is 61.1 Å². The van der Waals surface area contributed by atoms with Gasteiger partial charge in [-0.3, -0.25) is 4.57 Å². The molecule has 0 spiro atoms. The van der Waals surface area contributed by atoms with E-state index in [1.807, 2.05) is 24.3 Å². The summed E-state index contributed by atoms with van der Waals surface area (Å²) in [7, 11) is 0. The van der Waals surface area contributed by atoms with E-state index < -0.39 is 0 Å². The van der Waals surface area contributed by atoms with Gasteiger partial charge in [0.05, 0.1) is 11.0 Å². The average Bonchev–Trinajstić information content (AvgIpc) is 3.59. The van der Waals surface area contributed by atoms with Crippen LogP contribution in [0.4, 0.5) is 4.39 Å². The number of rotatable bonds is 5. The number of hydrogen-bond acceptors (Lipinski definition) is 1. The summed E-state index contributed by atoms with van der Waals surface area (Å²) in [6.07, 6.45) is 0. The number of halogens is 1. The number of aromatic nitrogens is 2. The molecule has 1 aromatic heterocycles. The van der Waals surface area contributed by atoms with Crippen molar-refractivity contribution in [1.29, 1.82) is 0 Å². The zero-order valence-electron chi connectivity index (χ0n) is 28.2. The monoisotopic (exact) mass is 666 g/mol. The minimum absolute atomic E-state index is 0.304. The molecule has 52 heavy (non-hydrogen) atoms. The largest absolute Gasteiger partial charge is 0.292 e. The molecule has 0 unspecified atom stereocenters. The molecule has 10 aromatic rings. The van der Waals surface area contributed by atoms with E-state index in [4.69, 9.17) is 4.98 Å². The van der Waals surface area contributed by atoms with E-state index in [0.717, 1.165) is 39.3 Å². The zero-order valence-corrected chi connectivity index (χ0v) is 28.2. The summed E-state index contributed by atoms with van der Waals surface area (Å²) >= 11 is 0. The summed E-state index contributed by atoms with van der Waals surface area (Å²) in [5, 5.41) is 7.25. The number of imidazole rings is 1. The third-order valence-electron chi connectivity index (χ3n) is 10.2. The Bertz CT molecular complexity index is 2900. The van der Waals surface area contributed by atoms with Gasteiger partial charge in [0.25, 0.3) is 0 Å². The molecule has 0 amide bonds.